The van der Waals surface area contributed by atoms with Gasteiger partial charge in [-0.15, -0.1) is 0 Å². The molecule has 6 heteroatoms. The average molecular weight is 301 g/mol. The number of likely N-dealkylation sites (N-methyl/N-ethyl adjacent to an activating group) is 2. The molecule has 0 bridgehead atoms. The average Bonchev–Trinajstić information content (AvgIpc) is 2.68. The van der Waals surface area contributed by atoms with E-state index >= 15 is 0 Å². The summed E-state index contributed by atoms with van der Waals surface area (Å²) in [6.45, 7) is 6.96. The maximum absolute atomic E-state index is 10.8. The Hall–Kier alpha value is -0.620. The SMILES string of the molecule is CC(C)n1ncc(Cl)c1C(O)C1CN(C)CCCN1C. The van der Waals surface area contributed by atoms with Gasteiger partial charge in [0.2, 0.25) is 0 Å². The normalized spacial score (nSPS) is 24.1. The zero-order valence-corrected chi connectivity index (χ0v) is 13.5. The van der Waals surface area contributed by atoms with Crippen LogP contribution in [0.4, 0.5) is 0 Å². The fourth-order valence-electron chi connectivity index (χ4n) is 2.87. The van der Waals surface area contributed by atoms with E-state index in [1.807, 2.05) is 18.5 Å². The highest BCUT2D eigenvalue weighted by Gasteiger charge is 2.32. The summed E-state index contributed by atoms with van der Waals surface area (Å²) in [5.74, 6) is 0. The van der Waals surface area contributed by atoms with Gasteiger partial charge in [-0.05, 0) is 47.5 Å². The van der Waals surface area contributed by atoms with Crippen LogP contribution in [-0.4, -0.2) is 64.5 Å². The van der Waals surface area contributed by atoms with Gasteiger partial charge in [0.15, 0.2) is 0 Å². The highest BCUT2D eigenvalue weighted by molar-refractivity contribution is 6.31. The predicted octanol–water partition coefficient (Wildman–Crippen LogP) is 1.79. The van der Waals surface area contributed by atoms with Crippen molar-refractivity contribution >= 4 is 11.6 Å². The molecule has 0 radical (unpaired) electrons. The maximum Gasteiger partial charge on any atom is 0.114 e. The Morgan fingerprint density at radius 1 is 1.35 bits per heavy atom. The molecule has 2 heterocycles. The number of nitrogens with zero attached hydrogens (tertiary/aromatic N) is 4. The van der Waals surface area contributed by atoms with Gasteiger partial charge >= 0.3 is 0 Å². The number of hydrogen-bond acceptors (Lipinski definition) is 4. The quantitative estimate of drug-likeness (QED) is 0.924. The molecule has 2 unspecified atom stereocenters. The second-order valence-corrected chi connectivity index (χ2v) is 6.43. The summed E-state index contributed by atoms with van der Waals surface area (Å²) >= 11 is 6.25. The van der Waals surface area contributed by atoms with E-state index < -0.39 is 6.10 Å². The summed E-state index contributed by atoms with van der Waals surface area (Å²) in [7, 11) is 4.16. The first-order valence-electron chi connectivity index (χ1n) is 7.21. The van der Waals surface area contributed by atoms with E-state index in [0.717, 1.165) is 31.7 Å². The smallest absolute Gasteiger partial charge is 0.114 e. The second-order valence-electron chi connectivity index (χ2n) is 6.02. The first-order valence-corrected chi connectivity index (χ1v) is 7.59. The highest BCUT2D eigenvalue weighted by Crippen LogP contribution is 2.30. The van der Waals surface area contributed by atoms with Crippen LogP contribution < -0.4 is 0 Å². The second kappa shape index (κ2) is 6.43. The van der Waals surface area contributed by atoms with E-state index in [0.29, 0.717) is 5.02 Å². The Kier molecular flexibility index (Phi) is 5.07. The Bertz CT molecular complexity index is 448. The fraction of sp³-hybridized carbons (Fsp3) is 0.786. The third kappa shape index (κ3) is 3.17. The van der Waals surface area contributed by atoms with E-state index in [4.69, 9.17) is 11.6 Å². The van der Waals surface area contributed by atoms with Crippen molar-refractivity contribution in [3.8, 4) is 0 Å². The molecule has 1 aliphatic rings. The molecule has 0 aliphatic carbocycles. The molecule has 0 saturated carbocycles. The molecule has 0 spiro atoms. The van der Waals surface area contributed by atoms with E-state index in [9.17, 15) is 5.11 Å². The molecule has 20 heavy (non-hydrogen) atoms. The topological polar surface area (TPSA) is 44.5 Å². The van der Waals surface area contributed by atoms with Crippen molar-refractivity contribution in [1.82, 2.24) is 19.6 Å². The molecule has 1 N–H and O–H groups in total. The van der Waals surface area contributed by atoms with Crippen molar-refractivity contribution in [2.45, 2.75) is 38.5 Å². The van der Waals surface area contributed by atoms with Crippen molar-refractivity contribution in [3.63, 3.8) is 0 Å². The Morgan fingerprint density at radius 3 is 2.70 bits per heavy atom. The molecule has 2 atom stereocenters. The predicted molar refractivity (Wildman–Crippen MR) is 81.1 cm³/mol. The number of aliphatic hydroxyl groups is 1. The van der Waals surface area contributed by atoms with Gasteiger partial charge in [-0.2, -0.15) is 5.10 Å². The lowest BCUT2D eigenvalue weighted by molar-refractivity contribution is 0.0502. The van der Waals surface area contributed by atoms with Gasteiger partial charge in [0.25, 0.3) is 0 Å². The molecule has 0 aromatic carbocycles. The van der Waals surface area contributed by atoms with Crippen LogP contribution in [0.2, 0.25) is 5.02 Å². The Labute approximate surface area is 126 Å². The summed E-state index contributed by atoms with van der Waals surface area (Å²) in [5.41, 5.74) is 0.730. The Balaban J connectivity index is 2.29. The van der Waals surface area contributed by atoms with Crippen LogP contribution in [0.25, 0.3) is 0 Å². The molecular formula is C14H25ClN4O. The number of hydrogen-bond donors (Lipinski definition) is 1. The van der Waals surface area contributed by atoms with Crippen LogP contribution in [0.15, 0.2) is 6.20 Å². The molecule has 2 rings (SSSR count). The summed E-state index contributed by atoms with van der Waals surface area (Å²) in [5, 5.41) is 15.7. The van der Waals surface area contributed by atoms with Crippen molar-refractivity contribution in [1.29, 1.82) is 0 Å². The zero-order chi connectivity index (χ0) is 14.9. The third-order valence-corrected chi connectivity index (χ3v) is 4.33. The summed E-state index contributed by atoms with van der Waals surface area (Å²) in [4.78, 5) is 4.49. The first-order chi connectivity index (χ1) is 9.41. The maximum atomic E-state index is 10.8. The van der Waals surface area contributed by atoms with Gasteiger partial charge in [0.1, 0.15) is 6.10 Å². The fourth-order valence-corrected chi connectivity index (χ4v) is 3.11. The van der Waals surface area contributed by atoms with Gasteiger partial charge in [-0.1, -0.05) is 11.6 Å². The molecule has 114 valence electrons. The van der Waals surface area contributed by atoms with Gasteiger partial charge in [0, 0.05) is 12.6 Å². The van der Waals surface area contributed by atoms with Crippen molar-refractivity contribution in [2.75, 3.05) is 33.7 Å². The monoisotopic (exact) mass is 300 g/mol. The van der Waals surface area contributed by atoms with Gasteiger partial charge < -0.3 is 10.0 Å². The number of aliphatic hydroxyl groups excluding tert-OH is 1. The van der Waals surface area contributed by atoms with Crippen LogP contribution in [-0.2, 0) is 0 Å². The first kappa shape index (κ1) is 15.8. The van der Waals surface area contributed by atoms with Crippen LogP contribution >= 0.6 is 11.6 Å². The lowest BCUT2D eigenvalue weighted by Gasteiger charge is -2.32. The minimum Gasteiger partial charge on any atom is -0.385 e. The van der Waals surface area contributed by atoms with Crippen LogP contribution in [0.5, 0.6) is 0 Å². The van der Waals surface area contributed by atoms with Gasteiger partial charge in [0.05, 0.1) is 23.0 Å². The Morgan fingerprint density at radius 2 is 2.05 bits per heavy atom. The largest absolute Gasteiger partial charge is 0.385 e. The lowest BCUT2D eigenvalue weighted by Crippen LogP contribution is -2.42. The van der Waals surface area contributed by atoms with E-state index in [1.165, 1.54) is 0 Å². The standard InChI is InChI=1S/C14H25ClN4O/c1-10(2)19-13(11(15)8-16-19)14(20)12-9-17(3)6-5-7-18(12)4/h8,10,12,14,20H,5-7,9H2,1-4H3. The van der Waals surface area contributed by atoms with Crippen molar-refractivity contribution in [3.05, 3.63) is 16.9 Å². The molecule has 0 amide bonds. The van der Waals surface area contributed by atoms with E-state index in [1.54, 1.807) is 6.20 Å². The summed E-state index contributed by atoms with van der Waals surface area (Å²) in [6, 6.07) is 0.218. The molecule has 1 saturated heterocycles. The number of rotatable bonds is 3. The van der Waals surface area contributed by atoms with Gasteiger partial charge in [-0.25, -0.2) is 0 Å². The molecule has 1 fully saturated rings. The third-order valence-electron chi connectivity index (χ3n) is 4.04. The van der Waals surface area contributed by atoms with Crippen molar-refractivity contribution in [2.24, 2.45) is 0 Å². The summed E-state index contributed by atoms with van der Waals surface area (Å²) in [6.07, 6.45) is 2.12. The highest BCUT2D eigenvalue weighted by atomic mass is 35.5. The zero-order valence-electron chi connectivity index (χ0n) is 12.8. The molecular weight excluding hydrogens is 276 g/mol. The molecule has 1 aliphatic heterocycles. The van der Waals surface area contributed by atoms with Crippen LogP contribution in [0.1, 0.15) is 38.1 Å². The molecule has 1 aromatic rings. The van der Waals surface area contributed by atoms with E-state index in [-0.39, 0.29) is 12.1 Å². The molecule has 5 nitrogen and oxygen atoms in total. The molecule has 1 aromatic heterocycles. The van der Waals surface area contributed by atoms with Gasteiger partial charge in [-0.3, -0.25) is 9.58 Å². The lowest BCUT2D eigenvalue weighted by atomic mass is 10.1. The van der Waals surface area contributed by atoms with Crippen molar-refractivity contribution < 1.29 is 5.11 Å². The van der Waals surface area contributed by atoms with Crippen LogP contribution in [0.3, 0.4) is 0 Å². The minimum absolute atomic E-state index is 0.0363. The van der Waals surface area contributed by atoms with Crippen LogP contribution in [0, 0.1) is 0 Å². The summed E-state index contributed by atoms with van der Waals surface area (Å²) < 4.78 is 1.83. The minimum atomic E-state index is -0.627. The number of aromatic nitrogens is 2. The number of halogens is 1. The van der Waals surface area contributed by atoms with E-state index in [2.05, 4.69) is 29.0 Å².